The predicted molar refractivity (Wildman–Crippen MR) is 53.2 cm³/mol. The van der Waals surface area contributed by atoms with Gasteiger partial charge in [0.25, 0.3) is 0 Å². The summed E-state index contributed by atoms with van der Waals surface area (Å²) in [5.41, 5.74) is 0. The van der Waals surface area contributed by atoms with Gasteiger partial charge in [-0.1, -0.05) is 0 Å². The molecule has 1 saturated heterocycles. The number of methoxy groups -OCH3 is 2. The van der Waals surface area contributed by atoms with E-state index in [1.54, 1.807) is 0 Å². The van der Waals surface area contributed by atoms with Crippen LogP contribution in [0.25, 0.3) is 0 Å². The minimum Gasteiger partial charge on any atom is -0.469 e. The Bertz CT molecular complexity index is 218. The van der Waals surface area contributed by atoms with Crippen LogP contribution in [0.3, 0.4) is 0 Å². The first-order valence-electron chi connectivity index (χ1n) is 5.05. The van der Waals surface area contributed by atoms with Crippen molar-refractivity contribution in [2.24, 2.45) is 0 Å². The lowest BCUT2D eigenvalue weighted by atomic mass is 10.1. The van der Waals surface area contributed by atoms with Crippen LogP contribution in [0.4, 0.5) is 0 Å². The van der Waals surface area contributed by atoms with E-state index >= 15 is 0 Å². The second kappa shape index (κ2) is 5.70. The van der Waals surface area contributed by atoms with Crippen molar-refractivity contribution in [2.75, 3.05) is 27.3 Å². The van der Waals surface area contributed by atoms with Crippen LogP contribution in [0.5, 0.6) is 0 Å². The zero-order valence-electron chi connectivity index (χ0n) is 9.19. The van der Waals surface area contributed by atoms with Gasteiger partial charge in [0.05, 0.1) is 27.2 Å². The molecule has 0 saturated carbocycles. The molecule has 1 rings (SSSR count). The van der Waals surface area contributed by atoms with E-state index in [4.69, 9.17) is 0 Å². The van der Waals surface area contributed by atoms with Gasteiger partial charge in [0.15, 0.2) is 0 Å². The lowest BCUT2D eigenvalue weighted by Gasteiger charge is -2.21. The molecular formula is C10H17NO4. The maximum atomic E-state index is 11.1. The maximum Gasteiger partial charge on any atom is 0.319 e. The highest BCUT2D eigenvalue weighted by Crippen LogP contribution is 2.19. The Hall–Kier alpha value is -1.10. The monoisotopic (exact) mass is 215 g/mol. The van der Waals surface area contributed by atoms with Crippen molar-refractivity contribution < 1.29 is 19.1 Å². The topological polar surface area (TPSA) is 55.8 Å². The smallest absolute Gasteiger partial charge is 0.319 e. The van der Waals surface area contributed by atoms with Gasteiger partial charge in [-0.2, -0.15) is 0 Å². The average molecular weight is 215 g/mol. The molecular weight excluding hydrogens is 198 g/mol. The molecule has 5 heteroatoms. The van der Waals surface area contributed by atoms with E-state index in [0.29, 0.717) is 6.42 Å². The Morgan fingerprint density at radius 2 is 1.93 bits per heavy atom. The van der Waals surface area contributed by atoms with Gasteiger partial charge >= 0.3 is 11.9 Å². The zero-order chi connectivity index (χ0) is 11.3. The van der Waals surface area contributed by atoms with Gasteiger partial charge in [-0.15, -0.1) is 0 Å². The number of carbonyl (C=O) groups excluding carboxylic acids is 2. The van der Waals surface area contributed by atoms with Crippen LogP contribution in [0.2, 0.25) is 0 Å². The van der Waals surface area contributed by atoms with Crippen molar-refractivity contribution in [2.45, 2.75) is 25.3 Å². The molecule has 0 spiro atoms. The van der Waals surface area contributed by atoms with Gasteiger partial charge < -0.3 is 9.47 Å². The number of ether oxygens (including phenoxy) is 2. The zero-order valence-corrected chi connectivity index (χ0v) is 9.19. The summed E-state index contributed by atoms with van der Waals surface area (Å²) in [6.45, 7) is 1.11. The first kappa shape index (κ1) is 12.0. The normalized spacial score (nSPS) is 21.3. The number of likely N-dealkylation sites (tertiary alicyclic amines) is 1. The molecule has 1 fully saturated rings. The van der Waals surface area contributed by atoms with Crippen molar-refractivity contribution in [1.82, 2.24) is 4.90 Å². The van der Waals surface area contributed by atoms with Crippen molar-refractivity contribution in [3.63, 3.8) is 0 Å². The van der Waals surface area contributed by atoms with Crippen LogP contribution >= 0.6 is 0 Å². The minimum absolute atomic E-state index is 0.122. The van der Waals surface area contributed by atoms with Crippen molar-refractivity contribution in [1.29, 1.82) is 0 Å². The first-order valence-corrected chi connectivity index (χ1v) is 5.05. The molecule has 1 heterocycles. The van der Waals surface area contributed by atoms with Gasteiger partial charge in [0.2, 0.25) is 0 Å². The van der Waals surface area contributed by atoms with Crippen LogP contribution in [0.15, 0.2) is 0 Å². The van der Waals surface area contributed by atoms with Crippen LogP contribution in [-0.4, -0.2) is 50.2 Å². The van der Waals surface area contributed by atoms with Gasteiger partial charge in [-0.3, -0.25) is 14.5 Å². The molecule has 86 valence electrons. The lowest BCUT2D eigenvalue weighted by Crippen LogP contribution is -2.36. The molecule has 0 amide bonds. The Kier molecular flexibility index (Phi) is 4.55. The summed E-state index contributed by atoms with van der Waals surface area (Å²) in [5.74, 6) is -0.483. The molecule has 1 atom stereocenters. The van der Waals surface area contributed by atoms with E-state index in [1.165, 1.54) is 14.2 Å². The third-order valence-electron chi connectivity index (χ3n) is 2.69. The largest absolute Gasteiger partial charge is 0.469 e. The van der Waals surface area contributed by atoms with E-state index < -0.39 is 0 Å². The summed E-state index contributed by atoms with van der Waals surface area (Å²) in [6.07, 6.45) is 2.30. The highest BCUT2D eigenvalue weighted by molar-refractivity contribution is 5.72. The number of nitrogens with zero attached hydrogens (tertiary/aromatic N) is 1. The summed E-state index contributed by atoms with van der Waals surface area (Å²) in [6, 6.07) is 0.122. The number of esters is 2. The number of hydrogen-bond donors (Lipinski definition) is 0. The fraction of sp³-hybridized carbons (Fsp3) is 0.800. The lowest BCUT2D eigenvalue weighted by molar-refractivity contribution is -0.145. The Morgan fingerprint density at radius 1 is 1.27 bits per heavy atom. The fourth-order valence-corrected chi connectivity index (χ4v) is 1.84. The summed E-state index contributed by atoms with van der Waals surface area (Å²) >= 11 is 0. The van der Waals surface area contributed by atoms with Gasteiger partial charge in [0.1, 0.15) is 0 Å². The molecule has 0 aliphatic carbocycles. The van der Waals surface area contributed by atoms with Crippen LogP contribution in [0, 0.1) is 0 Å². The van der Waals surface area contributed by atoms with Gasteiger partial charge in [0, 0.05) is 6.04 Å². The van der Waals surface area contributed by atoms with Crippen LogP contribution in [-0.2, 0) is 19.1 Å². The molecule has 0 bridgehead atoms. The molecule has 0 N–H and O–H groups in total. The summed E-state index contributed by atoms with van der Waals surface area (Å²) in [5, 5.41) is 0. The highest BCUT2D eigenvalue weighted by atomic mass is 16.5. The van der Waals surface area contributed by atoms with E-state index in [9.17, 15) is 9.59 Å². The van der Waals surface area contributed by atoms with Crippen molar-refractivity contribution >= 4 is 11.9 Å². The van der Waals surface area contributed by atoms with Crippen molar-refractivity contribution in [3.05, 3.63) is 0 Å². The number of carbonyl (C=O) groups is 2. The van der Waals surface area contributed by atoms with Crippen LogP contribution in [0.1, 0.15) is 19.3 Å². The third kappa shape index (κ3) is 3.51. The third-order valence-corrected chi connectivity index (χ3v) is 2.69. The van der Waals surface area contributed by atoms with Crippen molar-refractivity contribution in [3.8, 4) is 0 Å². The molecule has 15 heavy (non-hydrogen) atoms. The van der Waals surface area contributed by atoms with Crippen LogP contribution < -0.4 is 0 Å². The minimum atomic E-state index is -0.258. The quantitative estimate of drug-likeness (QED) is 0.626. The molecule has 1 aliphatic heterocycles. The second-order valence-corrected chi connectivity index (χ2v) is 3.62. The average Bonchev–Trinajstić information content (AvgIpc) is 2.65. The van der Waals surface area contributed by atoms with Gasteiger partial charge in [-0.05, 0) is 19.4 Å². The molecule has 0 aromatic rings. The highest BCUT2D eigenvalue weighted by Gasteiger charge is 2.28. The van der Waals surface area contributed by atoms with E-state index in [-0.39, 0.29) is 24.5 Å². The molecule has 0 aromatic heterocycles. The fourth-order valence-electron chi connectivity index (χ4n) is 1.84. The van der Waals surface area contributed by atoms with E-state index in [1.807, 2.05) is 4.90 Å². The number of rotatable bonds is 4. The Morgan fingerprint density at radius 3 is 2.53 bits per heavy atom. The summed E-state index contributed by atoms with van der Waals surface area (Å²) < 4.78 is 9.20. The standard InChI is InChI=1S/C10H17NO4/c1-14-9(12)6-8-4-3-5-11(8)7-10(13)15-2/h8H,3-7H2,1-2H3/t8-/m0/s1. The maximum absolute atomic E-state index is 11.1. The SMILES string of the molecule is COC(=O)C[C@@H]1CCCN1CC(=O)OC. The second-order valence-electron chi connectivity index (χ2n) is 3.62. The first-order chi connectivity index (χ1) is 7.17. The number of hydrogen-bond acceptors (Lipinski definition) is 5. The molecule has 0 aromatic carbocycles. The molecule has 0 radical (unpaired) electrons. The Balaban J connectivity index is 2.42. The Labute approximate surface area is 89.3 Å². The molecule has 0 unspecified atom stereocenters. The predicted octanol–water partition coefficient (Wildman–Crippen LogP) is 0.187. The van der Waals surface area contributed by atoms with E-state index in [0.717, 1.165) is 19.4 Å². The summed E-state index contributed by atoms with van der Waals surface area (Å²) in [4.78, 5) is 24.2. The summed E-state index contributed by atoms with van der Waals surface area (Å²) in [7, 11) is 2.75. The molecule has 1 aliphatic rings. The van der Waals surface area contributed by atoms with Gasteiger partial charge in [-0.25, -0.2) is 0 Å². The molecule has 5 nitrogen and oxygen atoms in total. The van der Waals surface area contributed by atoms with E-state index in [2.05, 4.69) is 9.47 Å².